The maximum absolute atomic E-state index is 11.8. The summed E-state index contributed by atoms with van der Waals surface area (Å²) in [6.45, 7) is 10.5. The van der Waals surface area contributed by atoms with E-state index in [0.29, 0.717) is 17.6 Å². The minimum absolute atomic E-state index is 0.198. The van der Waals surface area contributed by atoms with Crippen LogP contribution in [0.5, 0.6) is 0 Å². The molecule has 0 rings (SSSR count). The van der Waals surface area contributed by atoms with Crippen LogP contribution in [0.25, 0.3) is 0 Å². The van der Waals surface area contributed by atoms with Crippen LogP contribution in [0.3, 0.4) is 0 Å². The fourth-order valence-corrected chi connectivity index (χ4v) is 1.66. The number of Topliss-reactive ketones (excluding diaryl/α,β-unsaturated/α-hetero) is 1. The molecule has 1 nitrogen and oxygen atoms in total. The molecular formula is C12H24O. The van der Waals surface area contributed by atoms with Crippen LogP contribution in [0.2, 0.25) is 0 Å². The van der Waals surface area contributed by atoms with Crippen LogP contribution < -0.4 is 0 Å². The van der Waals surface area contributed by atoms with Gasteiger partial charge in [-0.25, -0.2) is 0 Å². The quantitative estimate of drug-likeness (QED) is 0.615. The van der Waals surface area contributed by atoms with Gasteiger partial charge in [-0.1, -0.05) is 47.5 Å². The predicted molar refractivity (Wildman–Crippen MR) is 57.7 cm³/mol. The van der Waals surface area contributed by atoms with Crippen LogP contribution >= 0.6 is 0 Å². The largest absolute Gasteiger partial charge is 0.299 e. The first-order valence-corrected chi connectivity index (χ1v) is 5.54. The van der Waals surface area contributed by atoms with Gasteiger partial charge in [0.15, 0.2) is 0 Å². The van der Waals surface area contributed by atoms with Gasteiger partial charge in [0.1, 0.15) is 5.78 Å². The van der Waals surface area contributed by atoms with Gasteiger partial charge in [0, 0.05) is 11.8 Å². The number of rotatable bonds is 6. The smallest absolute Gasteiger partial charge is 0.138 e. The second-order valence-electron chi connectivity index (χ2n) is 4.55. The van der Waals surface area contributed by atoms with E-state index in [-0.39, 0.29) is 5.92 Å². The van der Waals surface area contributed by atoms with Crippen molar-refractivity contribution in [2.75, 3.05) is 0 Å². The molecule has 0 aromatic carbocycles. The molecule has 0 spiro atoms. The monoisotopic (exact) mass is 184 g/mol. The van der Waals surface area contributed by atoms with E-state index >= 15 is 0 Å². The lowest BCUT2D eigenvalue weighted by Gasteiger charge is -2.21. The molecule has 0 aliphatic carbocycles. The van der Waals surface area contributed by atoms with Gasteiger partial charge in [-0.3, -0.25) is 4.79 Å². The van der Waals surface area contributed by atoms with Crippen molar-refractivity contribution in [1.29, 1.82) is 0 Å². The Labute approximate surface area is 82.9 Å². The van der Waals surface area contributed by atoms with Gasteiger partial charge in [-0.15, -0.1) is 0 Å². The molecule has 0 bridgehead atoms. The molecule has 0 saturated heterocycles. The molecule has 78 valence electrons. The zero-order chi connectivity index (χ0) is 10.4. The first-order valence-electron chi connectivity index (χ1n) is 5.54. The van der Waals surface area contributed by atoms with Crippen LogP contribution in [-0.2, 0) is 4.79 Å². The number of carbonyl (C=O) groups excluding carboxylic acids is 1. The van der Waals surface area contributed by atoms with Crippen molar-refractivity contribution in [3.63, 3.8) is 0 Å². The average molecular weight is 184 g/mol. The van der Waals surface area contributed by atoms with Crippen molar-refractivity contribution in [3.8, 4) is 0 Å². The molecule has 1 heteroatoms. The molecule has 1 unspecified atom stereocenters. The van der Waals surface area contributed by atoms with E-state index in [2.05, 4.69) is 20.8 Å². The maximum Gasteiger partial charge on any atom is 0.138 e. The number of hydrogen-bond acceptors (Lipinski definition) is 1. The Morgan fingerprint density at radius 2 is 1.69 bits per heavy atom. The highest BCUT2D eigenvalue weighted by molar-refractivity contribution is 5.82. The molecule has 1 atom stereocenters. The molecule has 0 amide bonds. The Balaban J connectivity index is 4.16. The minimum Gasteiger partial charge on any atom is -0.299 e. The van der Waals surface area contributed by atoms with Crippen molar-refractivity contribution in [3.05, 3.63) is 0 Å². The number of hydrogen-bond donors (Lipinski definition) is 0. The first-order chi connectivity index (χ1) is 6.00. The molecule has 0 radical (unpaired) electrons. The van der Waals surface area contributed by atoms with Crippen LogP contribution in [0, 0.1) is 17.8 Å². The van der Waals surface area contributed by atoms with E-state index < -0.39 is 0 Å². The molecule has 0 aromatic rings. The van der Waals surface area contributed by atoms with Crippen molar-refractivity contribution in [2.24, 2.45) is 17.8 Å². The summed E-state index contributed by atoms with van der Waals surface area (Å²) in [5.41, 5.74) is 0. The van der Waals surface area contributed by atoms with Gasteiger partial charge in [0.25, 0.3) is 0 Å². The SMILES string of the molecule is CCCCC(C(=O)C(C)C)C(C)C. The van der Waals surface area contributed by atoms with Gasteiger partial charge in [0.05, 0.1) is 0 Å². The maximum atomic E-state index is 11.8. The normalized spacial score (nSPS) is 13.8. The van der Waals surface area contributed by atoms with Gasteiger partial charge in [0.2, 0.25) is 0 Å². The fourth-order valence-electron chi connectivity index (χ4n) is 1.66. The Morgan fingerprint density at radius 3 is 2.00 bits per heavy atom. The molecule has 0 saturated carbocycles. The molecule has 0 heterocycles. The molecule has 0 aliphatic rings. The van der Waals surface area contributed by atoms with Crippen molar-refractivity contribution < 1.29 is 4.79 Å². The van der Waals surface area contributed by atoms with Crippen LogP contribution in [0.15, 0.2) is 0 Å². The Morgan fingerprint density at radius 1 is 1.15 bits per heavy atom. The summed E-state index contributed by atoms with van der Waals surface area (Å²) in [4.78, 5) is 11.8. The number of ketones is 1. The van der Waals surface area contributed by atoms with Crippen LogP contribution in [0.4, 0.5) is 0 Å². The Hall–Kier alpha value is -0.330. The van der Waals surface area contributed by atoms with E-state index in [4.69, 9.17) is 0 Å². The summed E-state index contributed by atoms with van der Waals surface area (Å²) >= 11 is 0. The zero-order valence-electron chi connectivity index (χ0n) is 9.76. The molecular weight excluding hydrogens is 160 g/mol. The highest BCUT2D eigenvalue weighted by Crippen LogP contribution is 2.22. The summed E-state index contributed by atoms with van der Waals surface area (Å²) in [6, 6.07) is 0. The average Bonchev–Trinajstić information content (AvgIpc) is 2.04. The van der Waals surface area contributed by atoms with Gasteiger partial charge in [-0.05, 0) is 12.3 Å². The van der Waals surface area contributed by atoms with E-state index in [9.17, 15) is 4.79 Å². The third-order valence-corrected chi connectivity index (χ3v) is 2.61. The van der Waals surface area contributed by atoms with Gasteiger partial charge >= 0.3 is 0 Å². The lowest BCUT2D eigenvalue weighted by atomic mass is 9.83. The third kappa shape index (κ3) is 4.44. The third-order valence-electron chi connectivity index (χ3n) is 2.61. The second-order valence-corrected chi connectivity index (χ2v) is 4.55. The topological polar surface area (TPSA) is 17.1 Å². The summed E-state index contributed by atoms with van der Waals surface area (Å²) in [5.74, 6) is 1.44. The molecule has 0 aromatic heterocycles. The molecule has 0 aliphatic heterocycles. The number of carbonyl (C=O) groups is 1. The van der Waals surface area contributed by atoms with E-state index in [0.717, 1.165) is 6.42 Å². The van der Waals surface area contributed by atoms with Crippen LogP contribution in [-0.4, -0.2) is 5.78 Å². The highest BCUT2D eigenvalue weighted by Gasteiger charge is 2.23. The Kier molecular flexibility index (Phi) is 6.02. The van der Waals surface area contributed by atoms with E-state index in [1.54, 1.807) is 0 Å². The Bertz CT molecular complexity index is 147. The zero-order valence-corrected chi connectivity index (χ0v) is 9.76. The van der Waals surface area contributed by atoms with Crippen molar-refractivity contribution in [2.45, 2.75) is 53.9 Å². The molecule has 13 heavy (non-hydrogen) atoms. The summed E-state index contributed by atoms with van der Waals surface area (Å²) < 4.78 is 0. The lowest BCUT2D eigenvalue weighted by molar-refractivity contribution is -0.127. The summed E-state index contributed by atoms with van der Waals surface area (Å²) in [7, 11) is 0. The standard InChI is InChI=1S/C12H24O/c1-6-7-8-11(9(2)3)12(13)10(4)5/h9-11H,6-8H2,1-5H3. The van der Waals surface area contributed by atoms with E-state index in [1.165, 1.54) is 12.8 Å². The van der Waals surface area contributed by atoms with E-state index in [1.807, 2.05) is 13.8 Å². The summed E-state index contributed by atoms with van der Waals surface area (Å²) in [6.07, 6.45) is 3.45. The predicted octanol–water partition coefficient (Wildman–Crippen LogP) is 3.67. The molecule has 0 N–H and O–H groups in total. The lowest BCUT2D eigenvalue weighted by Crippen LogP contribution is -2.24. The van der Waals surface area contributed by atoms with Crippen LogP contribution in [0.1, 0.15) is 53.9 Å². The van der Waals surface area contributed by atoms with Gasteiger partial charge < -0.3 is 0 Å². The van der Waals surface area contributed by atoms with Crippen molar-refractivity contribution >= 4 is 5.78 Å². The fraction of sp³-hybridized carbons (Fsp3) is 0.917. The summed E-state index contributed by atoms with van der Waals surface area (Å²) in [5, 5.41) is 0. The molecule has 0 fully saturated rings. The highest BCUT2D eigenvalue weighted by atomic mass is 16.1. The first kappa shape index (κ1) is 12.7. The van der Waals surface area contributed by atoms with Gasteiger partial charge in [-0.2, -0.15) is 0 Å². The minimum atomic E-state index is 0.198. The van der Waals surface area contributed by atoms with Crippen molar-refractivity contribution in [1.82, 2.24) is 0 Å². The number of unbranched alkanes of at least 4 members (excludes halogenated alkanes) is 1. The second kappa shape index (κ2) is 6.17.